The molecule has 10 heteroatoms. The van der Waals surface area contributed by atoms with E-state index in [4.69, 9.17) is 18.7 Å². The fourth-order valence-electron chi connectivity index (χ4n) is 3.26. The number of urea groups is 1. The van der Waals surface area contributed by atoms with Gasteiger partial charge in [-0.3, -0.25) is 10.1 Å². The van der Waals surface area contributed by atoms with Crippen molar-refractivity contribution in [3.8, 4) is 11.5 Å². The Bertz CT molecular complexity index is 1230. The molecule has 3 aromatic rings. The molecule has 1 heterocycles. The molecule has 0 atom stereocenters. The fourth-order valence-corrected chi connectivity index (χ4v) is 3.26. The van der Waals surface area contributed by atoms with E-state index in [9.17, 15) is 14.4 Å². The molecule has 0 fully saturated rings. The Morgan fingerprint density at radius 1 is 1.00 bits per heavy atom. The summed E-state index contributed by atoms with van der Waals surface area (Å²) >= 11 is 0. The number of anilines is 1. The second-order valence-electron chi connectivity index (χ2n) is 7.85. The molecule has 3 amide bonds. The van der Waals surface area contributed by atoms with E-state index in [1.54, 1.807) is 19.1 Å². The first-order chi connectivity index (χ1) is 16.7. The van der Waals surface area contributed by atoms with Crippen LogP contribution in [0.5, 0.6) is 11.5 Å². The molecular formula is C25H27N3O7. The highest BCUT2D eigenvalue weighted by Gasteiger charge is 2.17. The monoisotopic (exact) mass is 481 g/mol. The molecule has 184 valence electrons. The molecule has 2 aromatic carbocycles. The van der Waals surface area contributed by atoms with Crippen LogP contribution < -0.4 is 20.1 Å². The molecule has 0 spiro atoms. The Hall–Kier alpha value is -4.34. The molecular weight excluding hydrogens is 454 g/mol. The van der Waals surface area contributed by atoms with Gasteiger partial charge < -0.3 is 24.1 Å². The standard InChI is InChI=1S/C25H27N3O7/c1-14-6-8-20(15(2)10-14)26-25(31)27-23(29)13-34-24(30)18-7-9-21(22(11-18)32-5)33-12-19-16(3)28-35-17(19)4/h6-11H,12-13H2,1-5H3,(H2,26,27,29,31). The van der Waals surface area contributed by atoms with Gasteiger partial charge in [0.15, 0.2) is 18.1 Å². The van der Waals surface area contributed by atoms with Crippen molar-refractivity contribution >= 4 is 23.6 Å². The number of amides is 3. The number of hydrogen-bond acceptors (Lipinski definition) is 8. The van der Waals surface area contributed by atoms with Gasteiger partial charge in [0.25, 0.3) is 5.91 Å². The smallest absolute Gasteiger partial charge is 0.338 e. The zero-order valence-electron chi connectivity index (χ0n) is 20.2. The number of nitrogens with one attached hydrogen (secondary N) is 2. The van der Waals surface area contributed by atoms with E-state index in [0.29, 0.717) is 22.9 Å². The summed E-state index contributed by atoms with van der Waals surface area (Å²) in [6.45, 7) is 6.96. The molecule has 0 radical (unpaired) electrons. The highest BCUT2D eigenvalue weighted by atomic mass is 16.5. The minimum absolute atomic E-state index is 0.152. The van der Waals surface area contributed by atoms with Crippen molar-refractivity contribution in [1.29, 1.82) is 0 Å². The Morgan fingerprint density at radius 3 is 2.43 bits per heavy atom. The number of methoxy groups -OCH3 is 1. The lowest BCUT2D eigenvalue weighted by atomic mass is 10.1. The SMILES string of the molecule is COc1cc(C(=O)OCC(=O)NC(=O)Nc2ccc(C)cc2C)ccc1OCc1c(C)noc1C. The average molecular weight is 482 g/mol. The molecule has 2 N–H and O–H groups in total. The van der Waals surface area contributed by atoms with Crippen molar-refractivity contribution < 1.29 is 33.1 Å². The first kappa shape index (κ1) is 25.3. The normalized spacial score (nSPS) is 10.4. The number of aryl methyl sites for hydroxylation is 4. The van der Waals surface area contributed by atoms with E-state index in [1.807, 2.05) is 32.9 Å². The van der Waals surface area contributed by atoms with E-state index in [1.165, 1.54) is 19.2 Å². The van der Waals surface area contributed by atoms with Crippen LogP contribution >= 0.6 is 0 Å². The third-order valence-corrected chi connectivity index (χ3v) is 5.17. The van der Waals surface area contributed by atoms with E-state index in [0.717, 1.165) is 22.4 Å². The van der Waals surface area contributed by atoms with Gasteiger partial charge in [-0.05, 0) is 57.5 Å². The number of benzene rings is 2. The summed E-state index contributed by atoms with van der Waals surface area (Å²) in [6, 6.07) is 9.25. The third-order valence-electron chi connectivity index (χ3n) is 5.17. The summed E-state index contributed by atoms with van der Waals surface area (Å²) in [6.07, 6.45) is 0. The lowest BCUT2D eigenvalue weighted by molar-refractivity contribution is -0.123. The fraction of sp³-hybridized carbons (Fsp3) is 0.280. The maximum Gasteiger partial charge on any atom is 0.338 e. The molecule has 0 unspecified atom stereocenters. The van der Waals surface area contributed by atoms with Gasteiger partial charge in [-0.15, -0.1) is 0 Å². The van der Waals surface area contributed by atoms with Gasteiger partial charge >= 0.3 is 12.0 Å². The van der Waals surface area contributed by atoms with E-state index >= 15 is 0 Å². The van der Waals surface area contributed by atoms with Gasteiger partial charge in [0.2, 0.25) is 0 Å². The van der Waals surface area contributed by atoms with Gasteiger partial charge in [0.1, 0.15) is 12.4 Å². The lowest BCUT2D eigenvalue weighted by Gasteiger charge is -2.12. The molecule has 0 aliphatic carbocycles. The minimum atomic E-state index is -0.771. The molecule has 0 aliphatic heterocycles. The zero-order valence-corrected chi connectivity index (χ0v) is 20.2. The topological polar surface area (TPSA) is 129 Å². The maximum absolute atomic E-state index is 12.4. The average Bonchev–Trinajstić information content (AvgIpc) is 3.14. The molecule has 0 saturated carbocycles. The van der Waals surface area contributed by atoms with Crippen molar-refractivity contribution in [2.75, 3.05) is 19.0 Å². The predicted octanol–water partition coefficient (Wildman–Crippen LogP) is 4.00. The van der Waals surface area contributed by atoms with Crippen molar-refractivity contribution in [1.82, 2.24) is 10.5 Å². The first-order valence-corrected chi connectivity index (χ1v) is 10.8. The molecule has 1 aromatic heterocycles. The number of rotatable bonds is 8. The van der Waals surface area contributed by atoms with Crippen LogP contribution in [0.1, 0.15) is 38.5 Å². The van der Waals surface area contributed by atoms with Gasteiger partial charge in [0.05, 0.1) is 23.9 Å². The minimum Gasteiger partial charge on any atom is -0.493 e. The number of carbonyl (C=O) groups excluding carboxylic acids is 3. The highest BCUT2D eigenvalue weighted by Crippen LogP contribution is 2.29. The third kappa shape index (κ3) is 6.59. The van der Waals surface area contributed by atoms with Gasteiger partial charge in [-0.2, -0.15) is 0 Å². The predicted molar refractivity (Wildman–Crippen MR) is 127 cm³/mol. The second kappa shape index (κ2) is 11.2. The Morgan fingerprint density at radius 2 is 1.77 bits per heavy atom. The largest absolute Gasteiger partial charge is 0.493 e. The number of imide groups is 1. The van der Waals surface area contributed by atoms with E-state index in [-0.39, 0.29) is 12.2 Å². The number of aromatic nitrogens is 1. The number of hydrogen-bond donors (Lipinski definition) is 2. The summed E-state index contributed by atoms with van der Waals surface area (Å²) in [5.41, 5.74) is 4.17. The molecule has 0 bridgehead atoms. The van der Waals surface area contributed by atoms with Gasteiger partial charge in [-0.1, -0.05) is 22.9 Å². The molecule has 0 saturated heterocycles. The summed E-state index contributed by atoms with van der Waals surface area (Å²) in [7, 11) is 1.44. The lowest BCUT2D eigenvalue weighted by Crippen LogP contribution is -2.37. The summed E-state index contributed by atoms with van der Waals surface area (Å²) in [5, 5.41) is 8.59. The quantitative estimate of drug-likeness (QED) is 0.462. The molecule has 0 aliphatic rings. The van der Waals surface area contributed by atoms with Crippen LogP contribution in [0.2, 0.25) is 0 Å². The van der Waals surface area contributed by atoms with Crippen molar-refractivity contribution in [3.63, 3.8) is 0 Å². The van der Waals surface area contributed by atoms with Crippen LogP contribution in [0, 0.1) is 27.7 Å². The summed E-state index contributed by atoms with van der Waals surface area (Å²) < 4.78 is 21.2. The Balaban J connectivity index is 1.53. The molecule has 10 nitrogen and oxygen atoms in total. The van der Waals surface area contributed by atoms with Crippen LogP contribution in [0.25, 0.3) is 0 Å². The maximum atomic E-state index is 12.4. The Labute approximate surface area is 202 Å². The number of carbonyl (C=O) groups is 3. The molecule has 3 rings (SSSR count). The van der Waals surface area contributed by atoms with Crippen LogP contribution in [0.15, 0.2) is 40.9 Å². The highest BCUT2D eigenvalue weighted by molar-refractivity contribution is 6.02. The first-order valence-electron chi connectivity index (χ1n) is 10.8. The summed E-state index contributed by atoms with van der Waals surface area (Å²) in [4.78, 5) is 36.5. The zero-order chi connectivity index (χ0) is 25.5. The van der Waals surface area contributed by atoms with Crippen molar-refractivity contribution in [3.05, 3.63) is 70.1 Å². The summed E-state index contributed by atoms with van der Waals surface area (Å²) in [5.74, 6) is -0.159. The van der Waals surface area contributed by atoms with Crippen LogP contribution in [0.4, 0.5) is 10.5 Å². The van der Waals surface area contributed by atoms with Gasteiger partial charge in [-0.25, -0.2) is 9.59 Å². The second-order valence-corrected chi connectivity index (χ2v) is 7.85. The van der Waals surface area contributed by atoms with E-state index in [2.05, 4.69) is 15.8 Å². The van der Waals surface area contributed by atoms with E-state index < -0.39 is 24.5 Å². The van der Waals surface area contributed by atoms with Crippen LogP contribution in [-0.2, 0) is 16.1 Å². The van der Waals surface area contributed by atoms with Gasteiger partial charge in [0, 0.05) is 5.69 Å². The molecule has 35 heavy (non-hydrogen) atoms. The number of nitrogens with zero attached hydrogens (tertiary/aromatic N) is 1. The van der Waals surface area contributed by atoms with Crippen LogP contribution in [0.3, 0.4) is 0 Å². The Kier molecular flexibility index (Phi) is 8.08. The van der Waals surface area contributed by atoms with Crippen molar-refractivity contribution in [2.45, 2.75) is 34.3 Å². The van der Waals surface area contributed by atoms with Crippen LogP contribution in [-0.4, -0.2) is 36.8 Å². The number of ether oxygens (including phenoxy) is 3. The van der Waals surface area contributed by atoms with Crippen molar-refractivity contribution in [2.24, 2.45) is 0 Å². The number of esters is 1.